The van der Waals surface area contributed by atoms with Crippen molar-refractivity contribution in [2.24, 2.45) is 0 Å². The summed E-state index contributed by atoms with van der Waals surface area (Å²) < 4.78 is 72.7. The van der Waals surface area contributed by atoms with Gasteiger partial charge in [0.1, 0.15) is 4.90 Å². The molecule has 3 aromatic rings. The number of ether oxygens (including phenoxy) is 1. The summed E-state index contributed by atoms with van der Waals surface area (Å²) in [6, 6.07) is 7.08. The van der Waals surface area contributed by atoms with E-state index in [1.807, 2.05) is 4.72 Å². The summed E-state index contributed by atoms with van der Waals surface area (Å²) in [6.07, 6.45) is -4.98. The first-order valence-electron chi connectivity index (χ1n) is 6.46. The number of rotatable bonds is 4. The van der Waals surface area contributed by atoms with Crippen molar-refractivity contribution in [3.05, 3.63) is 41.4 Å². The van der Waals surface area contributed by atoms with E-state index < -0.39 is 27.8 Å². The Morgan fingerprint density at radius 2 is 1.76 bits per heavy atom. The van der Waals surface area contributed by atoms with Gasteiger partial charge in [-0.1, -0.05) is 23.7 Å². The summed E-state index contributed by atoms with van der Waals surface area (Å²) in [5, 5.41) is 7.06. The van der Waals surface area contributed by atoms with Gasteiger partial charge >= 0.3 is 6.36 Å². The standard InChI is InChI=1S/C13H7ClF3N3O4S/c14-7-5-6-10(12-11(7)18-24-19-12)25(21,22)20-8-3-1-2-4-9(8)23-13(15,16)17/h1-6,20H. The number of sulfonamides is 1. The zero-order valence-electron chi connectivity index (χ0n) is 11.9. The van der Waals surface area contributed by atoms with Gasteiger partial charge in [0.25, 0.3) is 10.0 Å². The van der Waals surface area contributed by atoms with Gasteiger partial charge in [-0.3, -0.25) is 4.72 Å². The highest BCUT2D eigenvalue weighted by Gasteiger charge is 2.33. The van der Waals surface area contributed by atoms with Crippen LogP contribution in [-0.2, 0) is 10.0 Å². The van der Waals surface area contributed by atoms with Crippen molar-refractivity contribution < 1.29 is 31.0 Å². The number of benzene rings is 2. The van der Waals surface area contributed by atoms with E-state index >= 15 is 0 Å². The average molecular weight is 394 g/mol. The van der Waals surface area contributed by atoms with Crippen LogP contribution in [0.4, 0.5) is 18.9 Å². The maximum atomic E-state index is 12.5. The van der Waals surface area contributed by atoms with Crippen LogP contribution in [0.3, 0.4) is 0 Å². The van der Waals surface area contributed by atoms with Crippen molar-refractivity contribution in [2.75, 3.05) is 4.72 Å². The van der Waals surface area contributed by atoms with Crippen molar-refractivity contribution in [1.82, 2.24) is 10.3 Å². The highest BCUT2D eigenvalue weighted by molar-refractivity contribution is 7.93. The number of hydrogen-bond acceptors (Lipinski definition) is 6. The van der Waals surface area contributed by atoms with Gasteiger partial charge in [0, 0.05) is 0 Å². The molecular weight excluding hydrogens is 387 g/mol. The van der Waals surface area contributed by atoms with E-state index in [1.54, 1.807) is 0 Å². The number of nitrogens with one attached hydrogen (secondary N) is 1. The fourth-order valence-electron chi connectivity index (χ4n) is 1.99. The van der Waals surface area contributed by atoms with Crippen LogP contribution in [0.25, 0.3) is 11.0 Å². The molecule has 0 aliphatic carbocycles. The molecule has 132 valence electrons. The second kappa shape index (κ2) is 6.08. The lowest BCUT2D eigenvalue weighted by Gasteiger charge is -2.14. The third-order valence-electron chi connectivity index (χ3n) is 2.98. The van der Waals surface area contributed by atoms with Crippen molar-refractivity contribution in [2.45, 2.75) is 11.3 Å². The monoisotopic (exact) mass is 393 g/mol. The molecule has 3 rings (SSSR count). The van der Waals surface area contributed by atoms with E-state index in [4.69, 9.17) is 11.6 Å². The predicted octanol–water partition coefficient (Wildman–Crippen LogP) is 3.58. The average Bonchev–Trinajstić information content (AvgIpc) is 2.98. The maximum absolute atomic E-state index is 12.5. The second-order valence-corrected chi connectivity index (χ2v) is 6.71. The van der Waals surface area contributed by atoms with E-state index in [0.717, 1.165) is 18.2 Å². The molecule has 0 saturated carbocycles. The molecule has 0 aliphatic heterocycles. The lowest BCUT2D eigenvalue weighted by atomic mass is 10.3. The van der Waals surface area contributed by atoms with Crippen LogP contribution in [0.15, 0.2) is 45.9 Å². The summed E-state index contributed by atoms with van der Waals surface area (Å²) in [5.74, 6) is -0.706. The van der Waals surface area contributed by atoms with Gasteiger partial charge in [-0.2, -0.15) is 0 Å². The summed E-state index contributed by atoms with van der Waals surface area (Å²) in [5.41, 5.74) is -0.557. The highest BCUT2D eigenvalue weighted by atomic mass is 35.5. The second-order valence-electron chi connectivity index (χ2n) is 4.66. The molecule has 7 nitrogen and oxygen atoms in total. The molecule has 1 aromatic heterocycles. The van der Waals surface area contributed by atoms with E-state index in [2.05, 4.69) is 19.7 Å². The molecule has 0 spiro atoms. The van der Waals surface area contributed by atoms with Crippen molar-refractivity contribution >= 4 is 38.3 Å². The molecule has 12 heteroatoms. The molecule has 0 atom stereocenters. The van der Waals surface area contributed by atoms with Crippen LogP contribution in [0.5, 0.6) is 5.75 Å². The van der Waals surface area contributed by atoms with Gasteiger partial charge in [-0.15, -0.1) is 13.2 Å². The summed E-state index contributed by atoms with van der Waals surface area (Å²) in [7, 11) is -4.32. The van der Waals surface area contributed by atoms with E-state index in [0.29, 0.717) is 0 Å². The molecule has 1 N–H and O–H groups in total. The lowest BCUT2D eigenvalue weighted by molar-refractivity contribution is -0.274. The minimum atomic E-state index is -4.98. The largest absolute Gasteiger partial charge is 0.573 e. The number of alkyl halides is 3. The maximum Gasteiger partial charge on any atom is 0.573 e. The molecule has 0 radical (unpaired) electrons. The van der Waals surface area contributed by atoms with E-state index in [-0.39, 0.29) is 21.0 Å². The van der Waals surface area contributed by atoms with Crippen molar-refractivity contribution in [3.63, 3.8) is 0 Å². The van der Waals surface area contributed by atoms with E-state index in [9.17, 15) is 21.6 Å². The molecule has 0 bridgehead atoms. The predicted molar refractivity (Wildman–Crippen MR) is 80.7 cm³/mol. The molecule has 0 unspecified atom stereocenters. The highest BCUT2D eigenvalue weighted by Crippen LogP contribution is 2.33. The molecular formula is C13H7ClF3N3O4S. The minimum Gasteiger partial charge on any atom is -0.404 e. The number of nitrogens with zero attached hydrogens (tertiary/aromatic N) is 2. The fraction of sp³-hybridized carbons (Fsp3) is 0.0769. The van der Waals surface area contributed by atoms with Crippen LogP contribution in [0, 0.1) is 0 Å². The van der Waals surface area contributed by atoms with Gasteiger partial charge in [-0.25, -0.2) is 13.0 Å². The Labute approximate surface area is 143 Å². The Balaban J connectivity index is 2.03. The molecule has 25 heavy (non-hydrogen) atoms. The normalized spacial score (nSPS) is 12.3. The Morgan fingerprint density at radius 1 is 1.08 bits per heavy atom. The van der Waals surface area contributed by atoms with Crippen LogP contribution < -0.4 is 9.46 Å². The number of anilines is 1. The number of hydrogen-bond donors (Lipinski definition) is 1. The Morgan fingerprint density at radius 3 is 2.48 bits per heavy atom. The molecule has 0 aliphatic rings. The number of aromatic nitrogens is 2. The zero-order chi connectivity index (χ0) is 18.2. The first-order valence-corrected chi connectivity index (χ1v) is 8.32. The minimum absolute atomic E-state index is 0.00404. The van der Waals surface area contributed by atoms with Gasteiger partial charge in [0.05, 0.1) is 10.7 Å². The Bertz CT molecular complexity index is 1040. The quantitative estimate of drug-likeness (QED) is 0.728. The van der Waals surface area contributed by atoms with Gasteiger partial charge in [0.2, 0.25) is 0 Å². The van der Waals surface area contributed by atoms with Crippen molar-refractivity contribution in [1.29, 1.82) is 0 Å². The molecule has 0 saturated heterocycles. The first-order chi connectivity index (χ1) is 11.7. The van der Waals surface area contributed by atoms with Gasteiger partial charge < -0.3 is 4.74 Å². The number of fused-ring (bicyclic) bond motifs is 1. The SMILES string of the molecule is O=S(=O)(Nc1ccccc1OC(F)(F)F)c1ccc(Cl)c2nonc12. The topological polar surface area (TPSA) is 94.3 Å². The van der Waals surface area contributed by atoms with E-state index in [1.165, 1.54) is 18.2 Å². The van der Waals surface area contributed by atoms with Crippen molar-refractivity contribution in [3.8, 4) is 5.75 Å². The summed E-state index contributed by atoms with van der Waals surface area (Å²) in [6.45, 7) is 0. The van der Waals surface area contributed by atoms with Gasteiger partial charge in [-0.05, 0) is 34.6 Å². The fourth-order valence-corrected chi connectivity index (χ4v) is 3.39. The third kappa shape index (κ3) is 3.61. The molecule has 0 amide bonds. The Kier molecular flexibility index (Phi) is 4.21. The van der Waals surface area contributed by atoms with Gasteiger partial charge in [0.15, 0.2) is 16.8 Å². The van der Waals surface area contributed by atoms with Crippen LogP contribution in [-0.4, -0.2) is 25.1 Å². The van der Waals surface area contributed by atoms with Crippen LogP contribution in [0.2, 0.25) is 5.02 Å². The number of para-hydroxylation sites is 2. The third-order valence-corrected chi connectivity index (χ3v) is 4.68. The molecule has 0 fully saturated rings. The molecule has 2 aromatic carbocycles. The summed E-state index contributed by atoms with van der Waals surface area (Å²) in [4.78, 5) is -0.366. The summed E-state index contributed by atoms with van der Waals surface area (Å²) >= 11 is 5.86. The first kappa shape index (κ1) is 17.3. The number of halogens is 4. The smallest absolute Gasteiger partial charge is 0.404 e. The Hall–Kier alpha value is -2.53. The zero-order valence-corrected chi connectivity index (χ0v) is 13.5. The van der Waals surface area contributed by atoms with Crippen LogP contribution in [0.1, 0.15) is 0 Å². The van der Waals surface area contributed by atoms with Crippen LogP contribution >= 0.6 is 11.6 Å². The molecule has 1 heterocycles. The lowest BCUT2D eigenvalue weighted by Crippen LogP contribution is -2.20.